The van der Waals surface area contributed by atoms with Crippen LogP contribution in [0.3, 0.4) is 0 Å². The van der Waals surface area contributed by atoms with Gasteiger partial charge in [0.2, 0.25) is 0 Å². The Morgan fingerprint density at radius 1 is 1.00 bits per heavy atom. The second-order valence-electron chi connectivity index (χ2n) is 6.04. The SMILES string of the molecule is Fc1ccc2c(c1)[C@@H]1C[C@@H](CBr)O[C@H]1c1cc(F)ccc1C2. The Hall–Kier alpha value is -1.26. The second-order valence-corrected chi connectivity index (χ2v) is 6.69. The number of hydrogen-bond acceptors (Lipinski definition) is 1. The van der Waals surface area contributed by atoms with Crippen molar-refractivity contribution in [2.45, 2.75) is 31.0 Å². The van der Waals surface area contributed by atoms with Gasteiger partial charge in [0.25, 0.3) is 0 Å². The molecular weight excluding hydrogens is 350 g/mol. The van der Waals surface area contributed by atoms with E-state index in [0.717, 1.165) is 34.0 Å². The van der Waals surface area contributed by atoms with Crippen molar-refractivity contribution in [2.75, 3.05) is 5.33 Å². The van der Waals surface area contributed by atoms with E-state index in [2.05, 4.69) is 15.9 Å². The van der Waals surface area contributed by atoms with Crippen molar-refractivity contribution in [2.24, 2.45) is 0 Å². The van der Waals surface area contributed by atoms with Crippen molar-refractivity contribution in [3.05, 3.63) is 70.3 Å². The zero-order chi connectivity index (χ0) is 15.3. The summed E-state index contributed by atoms with van der Waals surface area (Å²) in [6.07, 6.45) is 1.39. The van der Waals surface area contributed by atoms with Crippen LogP contribution in [-0.2, 0) is 11.2 Å². The van der Waals surface area contributed by atoms with E-state index in [-0.39, 0.29) is 29.8 Å². The molecule has 0 amide bonds. The number of benzene rings is 2. The van der Waals surface area contributed by atoms with Crippen LogP contribution in [0.25, 0.3) is 0 Å². The van der Waals surface area contributed by atoms with E-state index in [1.807, 2.05) is 12.1 Å². The molecule has 4 rings (SSSR count). The van der Waals surface area contributed by atoms with Crippen molar-refractivity contribution in [1.82, 2.24) is 0 Å². The minimum Gasteiger partial charge on any atom is -0.369 e. The van der Waals surface area contributed by atoms with Crippen LogP contribution >= 0.6 is 15.9 Å². The average Bonchev–Trinajstić information content (AvgIpc) is 2.90. The normalized spacial score (nSPS) is 26.0. The van der Waals surface area contributed by atoms with Gasteiger partial charge in [-0.15, -0.1) is 0 Å². The summed E-state index contributed by atoms with van der Waals surface area (Å²) < 4.78 is 33.6. The average molecular weight is 365 g/mol. The molecule has 114 valence electrons. The number of fused-ring (bicyclic) bond motifs is 5. The molecule has 1 fully saturated rings. The zero-order valence-corrected chi connectivity index (χ0v) is 13.4. The Kier molecular flexibility index (Phi) is 3.54. The largest absolute Gasteiger partial charge is 0.369 e. The Bertz CT molecular complexity index is 672. The molecule has 0 bridgehead atoms. The van der Waals surface area contributed by atoms with E-state index in [4.69, 9.17) is 4.74 Å². The molecule has 1 nitrogen and oxygen atoms in total. The van der Waals surface area contributed by atoms with Crippen LogP contribution in [0.1, 0.15) is 40.7 Å². The molecule has 4 heteroatoms. The summed E-state index contributed by atoms with van der Waals surface area (Å²) in [5.41, 5.74) is 4.09. The summed E-state index contributed by atoms with van der Waals surface area (Å²) in [6, 6.07) is 9.85. The molecular formula is C18H15BrF2O. The lowest BCUT2D eigenvalue weighted by atomic mass is 9.87. The molecule has 0 N–H and O–H groups in total. The lowest BCUT2D eigenvalue weighted by Crippen LogP contribution is -2.09. The van der Waals surface area contributed by atoms with Crippen LogP contribution in [-0.4, -0.2) is 11.4 Å². The lowest BCUT2D eigenvalue weighted by Gasteiger charge is -2.19. The molecule has 0 radical (unpaired) electrons. The third-order valence-corrected chi connectivity index (χ3v) is 5.42. The Morgan fingerprint density at radius 2 is 1.64 bits per heavy atom. The summed E-state index contributed by atoms with van der Waals surface area (Å²) in [4.78, 5) is 0. The summed E-state index contributed by atoms with van der Waals surface area (Å²) in [5, 5.41) is 0.731. The van der Waals surface area contributed by atoms with Gasteiger partial charge in [-0.05, 0) is 59.4 Å². The maximum atomic E-state index is 13.7. The second kappa shape index (κ2) is 5.43. The molecule has 1 saturated heterocycles. The highest BCUT2D eigenvalue weighted by Crippen LogP contribution is 2.49. The van der Waals surface area contributed by atoms with Gasteiger partial charge < -0.3 is 4.74 Å². The maximum absolute atomic E-state index is 13.7. The molecule has 2 aromatic rings. The van der Waals surface area contributed by atoms with E-state index < -0.39 is 0 Å². The van der Waals surface area contributed by atoms with Crippen LogP contribution < -0.4 is 0 Å². The Labute approximate surface area is 136 Å². The highest BCUT2D eigenvalue weighted by Gasteiger charge is 2.40. The molecule has 2 aromatic carbocycles. The van der Waals surface area contributed by atoms with Gasteiger partial charge in [-0.2, -0.15) is 0 Å². The molecule has 1 heterocycles. The van der Waals surface area contributed by atoms with E-state index in [0.29, 0.717) is 6.42 Å². The Balaban J connectivity index is 1.90. The predicted molar refractivity (Wildman–Crippen MR) is 84.4 cm³/mol. The van der Waals surface area contributed by atoms with Crippen LogP contribution in [0.15, 0.2) is 36.4 Å². The van der Waals surface area contributed by atoms with Crippen LogP contribution in [0.5, 0.6) is 0 Å². The first-order valence-corrected chi connectivity index (χ1v) is 8.56. The van der Waals surface area contributed by atoms with Crippen LogP contribution in [0, 0.1) is 11.6 Å². The quantitative estimate of drug-likeness (QED) is 0.655. The fourth-order valence-corrected chi connectivity index (χ4v) is 4.13. The van der Waals surface area contributed by atoms with Gasteiger partial charge in [-0.25, -0.2) is 8.78 Å². The fraction of sp³-hybridized carbons (Fsp3) is 0.333. The summed E-state index contributed by atoms with van der Waals surface area (Å²) in [7, 11) is 0. The highest BCUT2D eigenvalue weighted by atomic mass is 79.9. The number of ether oxygens (including phenoxy) is 1. The van der Waals surface area contributed by atoms with Crippen molar-refractivity contribution in [3.63, 3.8) is 0 Å². The van der Waals surface area contributed by atoms with Crippen molar-refractivity contribution >= 4 is 15.9 Å². The van der Waals surface area contributed by atoms with Crippen molar-refractivity contribution in [1.29, 1.82) is 0 Å². The molecule has 0 spiro atoms. The smallest absolute Gasteiger partial charge is 0.123 e. The number of halogens is 3. The van der Waals surface area contributed by atoms with E-state index in [1.54, 1.807) is 12.1 Å². The molecule has 22 heavy (non-hydrogen) atoms. The lowest BCUT2D eigenvalue weighted by molar-refractivity contribution is 0.0539. The first kappa shape index (κ1) is 14.3. The monoisotopic (exact) mass is 364 g/mol. The summed E-state index contributed by atoms with van der Waals surface area (Å²) >= 11 is 3.47. The standard InChI is InChI=1S/C18H15BrF2O/c19-9-14-8-17-15-6-12(20)3-1-10(15)5-11-2-4-13(21)7-16(11)18(17)22-14/h1-4,6-7,14,17-18H,5,8-9H2/t14-,17-,18-/m0/s1. The molecule has 3 atom stereocenters. The molecule has 0 unspecified atom stereocenters. The van der Waals surface area contributed by atoms with Crippen molar-refractivity contribution < 1.29 is 13.5 Å². The van der Waals surface area contributed by atoms with Gasteiger partial charge in [0.15, 0.2) is 0 Å². The number of hydrogen-bond donors (Lipinski definition) is 0. The van der Waals surface area contributed by atoms with Gasteiger partial charge >= 0.3 is 0 Å². The molecule has 0 saturated carbocycles. The van der Waals surface area contributed by atoms with E-state index in [1.165, 1.54) is 12.1 Å². The predicted octanol–water partition coefficient (Wildman–Crippen LogP) is 4.88. The molecule has 0 aromatic heterocycles. The zero-order valence-electron chi connectivity index (χ0n) is 11.9. The van der Waals surface area contributed by atoms with Gasteiger partial charge in [0.1, 0.15) is 11.6 Å². The first-order valence-electron chi connectivity index (χ1n) is 7.44. The van der Waals surface area contributed by atoms with Gasteiger partial charge in [0.05, 0.1) is 12.2 Å². The third kappa shape index (κ3) is 2.29. The first-order chi connectivity index (χ1) is 10.7. The highest BCUT2D eigenvalue weighted by molar-refractivity contribution is 9.09. The van der Waals surface area contributed by atoms with Gasteiger partial charge in [-0.1, -0.05) is 28.1 Å². The van der Waals surface area contributed by atoms with Gasteiger partial charge in [-0.3, -0.25) is 0 Å². The minimum atomic E-state index is -0.250. The number of rotatable bonds is 1. The topological polar surface area (TPSA) is 9.23 Å². The van der Waals surface area contributed by atoms with E-state index in [9.17, 15) is 8.78 Å². The maximum Gasteiger partial charge on any atom is 0.123 e. The van der Waals surface area contributed by atoms with Crippen molar-refractivity contribution in [3.8, 4) is 0 Å². The fourth-order valence-electron chi connectivity index (χ4n) is 3.71. The van der Waals surface area contributed by atoms with E-state index >= 15 is 0 Å². The van der Waals surface area contributed by atoms with Gasteiger partial charge in [0, 0.05) is 11.2 Å². The minimum absolute atomic E-state index is 0.0698. The molecule has 1 aliphatic heterocycles. The summed E-state index contributed by atoms with van der Waals surface area (Å²) in [5.74, 6) is -0.395. The number of alkyl halides is 1. The Morgan fingerprint density at radius 3 is 2.32 bits per heavy atom. The summed E-state index contributed by atoms with van der Waals surface area (Å²) in [6.45, 7) is 0. The van der Waals surface area contributed by atoms with Crippen LogP contribution in [0.2, 0.25) is 0 Å². The third-order valence-electron chi connectivity index (χ3n) is 4.70. The van der Waals surface area contributed by atoms with Crippen LogP contribution in [0.4, 0.5) is 8.78 Å². The molecule has 2 aliphatic rings. The molecule has 1 aliphatic carbocycles.